The van der Waals surface area contributed by atoms with Crippen molar-refractivity contribution in [3.05, 3.63) is 72.1 Å². The first-order valence-electron chi connectivity index (χ1n) is 9.80. The molecular formula is C23H24N4O. The SMILES string of the molecule is CCc1ccc(NC(=O)c2cccc(-c3cc(N4CCCC4)ncn3)c2)cc1. The molecule has 2 heterocycles. The van der Waals surface area contributed by atoms with Gasteiger partial charge in [-0.2, -0.15) is 0 Å². The largest absolute Gasteiger partial charge is 0.357 e. The average molecular weight is 372 g/mol. The zero-order chi connectivity index (χ0) is 19.3. The third-order valence-corrected chi connectivity index (χ3v) is 5.12. The summed E-state index contributed by atoms with van der Waals surface area (Å²) >= 11 is 0. The molecule has 1 saturated heterocycles. The van der Waals surface area contributed by atoms with Crippen LogP contribution in [-0.4, -0.2) is 29.0 Å². The summed E-state index contributed by atoms with van der Waals surface area (Å²) in [4.78, 5) is 23.8. The summed E-state index contributed by atoms with van der Waals surface area (Å²) in [6, 6.07) is 17.5. The first kappa shape index (κ1) is 18.2. The highest BCUT2D eigenvalue weighted by Crippen LogP contribution is 2.24. The van der Waals surface area contributed by atoms with Gasteiger partial charge in [-0.05, 0) is 49.1 Å². The van der Waals surface area contributed by atoms with Crippen LogP contribution in [0, 0.1) is 0 Å². The van der Waals surface area contributed by atoms with Gasteiger partial charge in [-0.25, -0.2) is 9.97 Å². The number of aryl methyl sites for hydroxylation is 1. The fraction of sp³-hybridized carbons (Fsp3) is 0.261. The number of hydrogen-bond donors (Lipinski definition) is 1. The normalized spacial score (nSPS) is 13.5. The molecule has 0 unspecified atom stereocenters. The lowest BCUT2D eigenvalue weighted by Gasteiger charge is -2.16. The molecule has 1 aromatic heterocycles. The number of hydrogen-bond acceptors (Lipinski definition) is 4. The Balaban J connectivity index is 1.53. The van der Waals surface area contributed by atoms with Gasteiger partial charge < -0.3 is 10.2 Å². The monoisotopic (exact) mass is 372 g/mol. The number of anilines is 2. The maximum Gasteiger partial charge on any atom is 0.255 e. The molecule has 4 rings (SSSR count). The molecule has 1 N–H and O–H groups in total. The molecule has 0 atom stereocenters. The summed E-state index contributed by atoms with van der Waals surface area (Å²) in [6.07, 6.45) is 4.99. The number of rotatable bonds is 5. The van der Waals surface area contributed by atoms with Gasteiger partial charge in [0.2, 0.25) is 0 Å². The third-order valence-electron chi connectivity index (χ3n) is 5.12. The van der Waals surface area contributed by atoms with Crippen molar-refractivity contribution in [1.82, 2.24) is 9.97 Å². The second-order valence-electron chi connectivity index (χ2n) is 7.04. The lowest BCUT2D eigenvalue weighted by Crippen LogP contribution is -2.19. The summed E-state index contributed by atoms with van der Waals surface area (Å²) in [5, 5.41) is 2.96. The van der Waals surface area contributed by atoms with Crippen LogP contribution in [0.2, 0.25) is 0 Å². The highest BCUT2D eigenvalue weighted by Gasteiger charge is 2.15. The molecule has 1 amide bonds. The van der Waals surface area contributed by atoms with Gasteiger partial charge in [0.25, 0.3) is 5.91 Å². The molecule has 0 aliphatic carbocycles. The van der Waals surface area contributed by atoms with E-state index in [1.807, 2.05) is 54.6 Å². The fourth-order valence-electron chi connectivity index (χ4n) is 3.47. The fourth-order valence-corrected chi connectivity index (χ4v) is 3.47. The van der Waals surface area contributed by atoms with Crippen LogP contribution in [0.4, 0.5) is 11.5 Å². The van der Waals surface area contributed by atoms with Gasteiger partial charge in [-0.1, -0.05) is 31.2 Å². The molecule has 1 aliphatic rings. The van der Waals surface area contributed by atoms with Gasteiger partial charge in [-0.15, -0.1) is 0 Å². The van der Waals surface area contributed by atoms with E-state index in [1.165, 1.54) is 18.4 Å². The summed E-state index contributed by atoms with van der Waals surface area (Å²) in [6.45, 7) is 4.19. The van der Waals surface area contributed by atoms with Crippen molar-refractivity contribution in [1.29, 1.82) is 0 Å². The standard InChI is InChI=1S/C23H24N4O/c1-2-17-8-10-20(11-9-17)26-23(28)19-7-5-6-18(14-19)21-15-22(25-16-24-21)27-12-3-4-13-27/h5-11,14-16H,2-4,12-13H2,1H3,(H,26,28). The van der Waals surface area contributed by atoms with E-state index in [9.17, 15) is 4.79 Å². The Hall–Kier alpha value is -3.21. The number of aromatic nitrogens is 2. The number of carbonyl (C=O) groups is 1. The number of carbonyl (C=O) groups excluding carboxylic acids is 1. The Labute approximate surface area is 165 Å². The van der Waals surface area contributed by atoms with Gasteiger partial charge in [0, 0.05) is 36.0 Å². The van der Waals surface area contributed by atoms with E-state index in [0.717, 1.165) is 42.3 Å². The van der Waals surface area contributed by atoms with Crippen LogP contribution < -0.4 is 10.2 Å². The molecule has 5 heteroatoms. The van der Waals surface area contributed by atoms with Crippen molar-refractivity contribution in [3.8, 4) is 11.3 Å². The maximum absolute atomic E-state index is 12.7. The van der Waals surface area contributed by atoms with Gasteiger partial charge in [0.15, 0.2) is 0 Å². The molecule has 1 aliphatic heterocycles. The molecule has 142 valence electrons. The van der Waals surface area contributed by atoms with Crippen molar-refractivity contribution in [2.24, 2.45) is 0 Å². The molecule has 3 aromatic rings. The minimum Gasteiger partial charge on any atom is -0.357 e. The highest BCUT2D eigenvalue weighted by atomic mass is 16.1. The van der Waals surface area contributed by atoms with Crippen molar-refractivity contribution in [2.75, 3.05) is 23.3 Å². The van der Waals surface area contributed by atoms with Crippen molar-refractivity contribution in [2.45, 2.75) is 26.2 Å². The molecule has 5 nitrogen and oxygen atoms in total. The van der Waals surface area contributed by atoms with Crippen LogP contribution in [0.1, 0.15) is 35.7 Å². The quantitative estimate of drug-likeness (QED) is 0.713. The van der Waals surface area contributed by atoms with Crippen molar-refractivity contribution >= 4 is 17.4 Å². The molecule has 0 radical (unpaired) electrons. The van der Waals surface area contributed by atoms with E-state index < -0.39 is 0 Å². The van der Waals surface area contributed by atoms with Crippen LogP contribution in [-0.2, 0) is 6.42 Å². The predicted octanol–water partition coefficient (Wildman–Crippen LogP) is 4.56. The Morgan fingerprint density at radius 2 is 1.82 bits per heavy atom. The van der Waals surface area contributed by atoms with Crippen LogP contribution >= 0.6 is 0 Å². The summed E-state index contributed by atoms with van der Waals surface area (Å²) < 4.78 is 0. The number of benzene rings is 2. The minimum atomic E-state index is -0.125. The first-order chi connectivity index (χ1) is 13.7. The zero-order valence-corrected chi connectivity index (χ0v) is 16.1. The lowest BCUT2D eigenvalue weighted by atomic mass is 10.1. The molecule has 1 fully saturated rings. The van der Waals surface area contributed by atoms with E-state index in [-0.39, 0.29) is 5.91 Å². The van der Waals surface area contributed by atoms with Gasteiger partial charge in [0.1, 0.15) is 12.1 Å². The second-order valence-corrected chi connectivity index (χ2v) is 7.04. The third kappa shape index (κ3) is 4.03. The van der Waals surface area contributed by atoms with E-state index in [4.69, 9.17) is 0 Å². The molecule has 0 bridgehead atoms. The van der Waals surface area contributed by atoms with Crippen molar-refractivity contribution < 1.29 is 4.79 Å². The Kier molecular flexibility index (Phi) is 5.33. The van der Waals surface area contributed by atoms with E-state index in [0.29, 0.717) is 5.56 Å². The summed E-state index contributed by atoms with van der Waals surface area (Å²) in [7, 11) is 0. The van der Waals surface area contributed by atoms with Gasteiger partial charge in [-0.3, -0.25) is 4.79 Å². The van der Waals surface area contributed by atoms with Gasteiger partial charge in [0.05, 0.1) is 5.69 Å². The van der Waals surface area contributed by atoms with Gasteiger partial charge >= 0.3 is 0 Å². The van der Waals surface area contributed by atoms with Crippen LogP contribution in [0.3, 0.4) is 0 Å². The van der Waals surface area contributed by atoms with E-state index in [2.05, 4.69) is 27.1 Å². The van der Waals surface area contributed by atoms with Crippen LogP contribution in [0.15, 0.2) is 60.9 Å². The first-order valence-corrected chi connectivity index (χ1v) is 9.80. The molecule has 0 saturated carbocycles. The zero-order valence-electron chi connectivity index (χ0n) is 16.1. The Bertz CT molecular complexity index is 962. The molecule has 0 spiro atoms. The number of nitrogens with zero attached hydrogens (tertiary/aromatic N) is 3. The maximum atomic E-state index is 12.7. The summed E-state index contributed by atoms with van der Waals surface area (Å²) in [5.41, 5.74) is 4.40. The topological polar surface area (TPSA) is 58.1 Å². The Morgan fingerprint density at radius 3 is 2.57 bits per heavy atom. The average Bonchev–Trinajstić information content (AvgIpc) is 3.29. The molecular weight excluding hydrogens is 348 g/mol. The van der Waals surface area contributed by atoms with Crippen LogP contribution in [0.25, 0.3) is 11.3 Å². The lowest BCUT2D eigenvalue weighted by molar-refractivity contribution is 0.102. The second kappa shape index (κ2) is 8.21. The molecule has 2 aromatic carbocycles. The molecule has 28 heavy (non-hydrogen) atoms. The number of nitrogens with one attached hydrogen (secondary N) is 1. The summed E-state index contributed by atoms with van der Waals surface area (Å²) in [5.74, 6) is 0.827. The van der Waals surface area contributed by atoms with E-state index in [1.54, 1.807) is 6.33 Å². The van der Waals surface area contributed by atoms with Crippen LogP contribution in [0.5, 0.6) is 0 Å². The minimum absolute atomic E-state index is 0.125. The predicted molar refractivity (Wildman–Crippen MR) is 113 cm³/mol. The smallest absolute Gasteiger partial charge is 0.255 e. The van der Waals surface area contributed by atoms with E-state index >= 15 is 0 Å². The Morgan fingerprint density at radius 1 is 1.04 bits per heavy atom. The highest BCUT2D eigenvalue weighted by molar-refractivity contribution is 6.04. The van der Waals surface area contributed by atoms with Crippen molar-refractivity contribution in [3.63, 3.8) is 0 Å². The number of amides is 1.